The molecule has 3 aromatic rings. The van der Waals surface area contributed by atoms with Crippen molar-refractivity contribution in [2.45, 2.75) is 39.0 Å². The Morgan fingerprint density at radius 2 is 2.00 bits per heavy atom. The third-order valence-electron chi connectivity index (χ3n) is 5.15. The molecular formula is C21H24FN7O. The van der Waals surface area contributed by atoms with Gasteiger partial charge in [0.05, 0.1) is 34.9 Å². The monoisotopic (exact) mass is 409 g/mol. The van der Waals surface area contributed by atoms with E-state index in [0.717, 1.165) is 11.3 Å². The summed E-state index contributed by atoms with van der Waals surface area (Å²) in [7, 11) is 0. The number of hydrogen-bond acceptors (Lipinski definition) is 8. The molecule has 1 aliphatic rings. The third kappa shape index (κ3) is 4.51. The molecule has 9 heteroatoms. The Morgan fingerprint density at radius 3 is 2.73 bits per heavy atom. The molecule has 1 fully saturated rings. The van der Waals surface area contributed by atoms with E-state index in [2.05, 4.69) is 35.6 Å². The van der Waals surface area contributed by atoms with Crippen molar-refractivity contribution in [3.8, 4) is 11.3 Å². The summed E-state index contributed by atoms with van der Waals surface area (Å²) in [6.45, 7) is 4.40. The maximum Gasteiger partial charge on any atom is 0.143 e. The molecule has 0 bridgehead atoms. The van der Waals surface area contributed by atoms with Crippen LogP contribution in [-0.4, -0.2) is 42.7 Å². The molecule has 3 heterocycles. The zero-order valence-corrected chi connectivity index (χ0v) is 16.9. The lowest BCUT2D eigenvalue weighted by Gasteiger charge is -2.14. The highest BCUT2D eigenvalue weighted by atomic mass is 19.1. The van der Waals surface area contributed by atoms with Crippen LogP contribution in [0.2, 0.25) is 0 Å². The first-order chi connectivity index (χ1) is 14.5. The van der Waals surface area contributed by atoms with E-state index in [4.69, 9.17) is 0 Å². The topological polar surface area (TPSA) is 109 Å². The molecule has 3 aromatic heterocycles. The smallest absolute Gasteiger partial charge is 0.143 e. The molecule has 0 amide bonds. The van der Waals surface area contributed by atoms with Crippen LogP contribution in [0.25, 0.3) is 11.3 Å². The highest BCUT2D eigenvalue weighted by molar-refractivity contribution is 5.76. The van der Waals surface area contributed by atoms with Crippen molar-refractivity contribution in [1.82, 2.24) is 24.9 Å². The molecule has 1 aliphatic carbocycles. The molecule has 8 nitrogen and oxygen atoms in total. The molecule has 3 atom stereocenters. The summed E-state index contributed by atoms with van der Waals surface area (Å²) < 4.78 is 13.1. The second kappa shape index (κ2) is 8.66. The Hall–Kier alpha value is -3.20. The first-order valence-electron chi connectivity index (χ1n) is 9.97. The van der Waals surface area contributed by atoms with Crippen LogP contribution in [0, 0.1) is 12.8 Å². The Labute approximate surface area is 174 Å². The molecule has 0 spiro atoms. The van der Waals surface area contributed by atoms with Crippen LogP contribution in [0.5, 0.6) is 0 Å². The Balaban J connectivity index is 1.56. The third-order valence-corrected chi connectivity index (χ3v) is 5.15. The number of pyridine rings is 1. The standard InChI is InChI=1S/C21H24FN7O/c1-3-19(30)17-4-12(2)18(9-24-17)29-21-14(8-23-10-28-21)16-6-20(27-11-26-16)25-7-13-5-15(13)22/h4,6,8-11,13,15,19,30H,3,5,7H2,1-2H3,(H,23,28,29)(H,25,26,27). The fourth-order valence-corrected chi connectivity index (χ4v) is 3.10. The lowest BCUT2D eigenvalue weighted by atomic mass is 10.1. The van der Waals surface area contributed by atoms with Crippen molar-refractivity contribution in [2.24, 2.45) is 5.92 Å². The average molecular weight is 409 g/mol. The molecule has 0 radical (unpaired) electrons. The van der Waals surface area contributed by atoms with E-state index in [1.807, 2.05) is 19.9 Å². The fourth-order valence-electron chi connectivity index (χ4n) is 3.10. The molecule has 0 aliphatic heterocycles. The number of halogens is 1. The number of rotatable bonds is 8. The maximum atomic E-state index is 13.1. The normalized spacial score (nSPS) is 18.7. The molecule has 3 N–H and O–H groups in total. The number of anilines is 3. The largest absolute Gasteiger partial charge is 0.387 e. The summed E-state index contributed by atoms with van der Waals surface area (Å²) in [6, 6.07) is 3.66. The molecular weight excluding hydrogens is 385 g/mol. The lowest BCUT2D eigenvalue weighted by molar-refractivity contribution is 0.169. The summed E-state index contributed by atoms with van der Waals surface area (Å²) in [5, 5.41) is 16.5. The molecule has 30 heavy (non-hydrogen) atoms. The van der Waals surface area contributed by atoms with Crippen molar-refractivity contribution in [1.29, 1.82) is 0 Å². The molecule has 3 unspecified atom stereocenters. The summed E-state index contributed by atoms with van der Waals surface area (Å²) >= 11 is 0. The maximum absolute atomic E-state index is 13.1. The minimum atomic E-state index is -0.709. The van der Waals surface area contributed by atoms with Crippen LogP contribution < -0.4 is 10.6 Å². The van der Waals surface area contributed by atoms with Gasteiger partial charge in [-0.2, -0.15) is 0 Å². The number of alkyl halides is 1. The molecule has 4 rings (SSSR count). The average Bonchev–Trinajstić information content (AvgIpc) is 3.48. The predicted molar refractivity (Wildman–Crippen MR) is 112 cm³/mol. The second-order valence-electron chi connectivity index (χ2n) is 7.44. The molecule has 0 saturated heterocycles. The van der Waals surface area contributed by atoms with Gasteiger partial charge in [-0.15, -0.1) is 0 Å². The van der Waals surface area contributed by atoms with E-state index < -0.39 is 12.3 Å². The van der Waals surface area contributed by atoms with Gasteiger partial charge in [-0.05, 0) is 31.4 Å². The van der Waals surface area contributed by atoms with Crippen LogP contribution in [-0.2, 0) is 0 Å². The van der Waals surface area contributed by atoms with Gasteiger partial charge >= 0.3 is 0 Å². The zero-order chi connectivity index (χ0) is 21.1. The number of aliphatic hydroxyl groups is 1. The van der Waals surface area contributed by atoms with Crippen molar-refractivity contribution in [3.05, 3.63) is 48.4 Å². The quantitative estimate of drug-likeness (QED) is 0.518. The van der Waals surface area contributed by atoms with Gasteiger partial charge in [0.15, 0.2) is 0 Å². The minimum Gasteiger partial charge on any atom is -0.387 e. The highest BCUT2D eigenvalue weighted by Crippen LogP contribution is 2.34. The van der Waals surface area contributed by atoms with Crippen molar-refractivity contribution < 1.29 is 9.50 Å². The fraction of sp³-hybridized carbons (Fsp3) is 0.381. The van der Waals surface area contributed by atoms with Gasteiger partial charge in [-0.25, -0.2) is 24.3 Å². The van der Waals surface area contributed by atoms with Crippen molar-refractivity contribution in [2.75, 3.05) is 17.2 Å². The number of aryl methyl sites for hydroxylation is 1. The number of hydrogen-bond donors (Lipinski definition) is 3. The Kier molecular flexibility index (Phi) is 5.80. The summed E-state index contributed by atoms with van der Waals surface area (Å²) in [5.41, 5.74) is 3.70. The van der Waals surface area contributed by atoms with Gasteiger partial charge in [0.1, 0.15) is 30.5 Å². The van der Waals surface area contributed by atoms with Gasteiger partial charge in [0.2, 0.25) is 0 Å². The number of aromatic nitrogens is 5. The minimum absolute atomic E-state index is 0.0605. The molecule has 156 valence electrons. The Morgan fingerprint density at radius 1 is 1.17 bits per heavy atom. The number of aliphatic hydroxyl groups excluding tert-OH is 1. The summed E-state index contributed by atoms with van der Waals surface area (Å²) in [5.74, 6) is 1.27. The number of nitrogens with zero attached hydrogens (tertiary/aromatic N) is 5. The molecule has 0 aromatic carbocycles. The lowest BCUT2D eigenvalue weighted by Crippen LogP contribution is -2.07. The second-order valence-corrected chi connectivity index (χ2v) is 7.44. The molecule has 1 saturated carbocycles. The van der Waals surface area contributed by atoms with Gasteiger partial charge in [0.25, 0.3) is 0 Å². The Bertz CT molecular complexity index is 1030. The first kappa shape index (κ1) is 20.1. The van der Waals surface area contributed by atoms with Gasteiger partial charge < -0.3 is 15.7 Å². The van der Waals surface area contributed by atoms with Crippen molar-refractivity contribution in [3.63, 3.8) is 0 Å². The van der Waals surface area contributed by atoms with E-state index in [1.165, 1.54) is 12.7 Å². The van der Waals surface area contributed by atoms with Crippen LogP contribution in [0.1, 0.15) is 37.1 Å². The van der Waals surface area contributed by atoms with E-state index in [1.54, 1.807) is 18.5 Å². The van der Waals surface area contributed by atoms with E-state index in [0.29, 0.717) is 48.0 Å². The van der Waals surface area contributed by atoms with Crippen LogP contribution in [0.15, 0.2) is 37.2 Å². The van der Waals surface area contributed by atoms with Gasteiger partial charge in [0, 0.05) is 24.7 Å². The number of nitrogens with one attached hydrogen (secondary N) is 2. The van der Waals surface area contributed by atoms with Crippen LogP contribution in [0.3, 0.4) is 0 Å². The highest BCUT2D eigenvalue weighted by Gasteiger charge is 2.36. The van der Waals surface area contributed by atoms with E-state index >= 15 is 0 Å². The first-order valence-corrected chi connectivity index (χ1v) is 9.97. The SMILES string of the molecule is CCC(O)c1cc(C)c(Nc2ncncc2-c2cc(NCC3CC3F)ncn2)cn1. The van der Waals surface area contributed by atoms with Crippen LogP contribution >= 0.6 is 0 Å². The van der Waals surface area contributed by atoms with Gasteiger partial charge in [-0.3, -0.25) is 4.98 Å². The van der Waals surface area contributed by atoms with Gasteiger partial charge in [-0.1, -0.05) is 6.92 Å². The van der Waals surface area contributed by atoms with E-state index in [9.17, 15) is 9.50 Å². The van der Waals surface area contributed by atoms with E-state index in [-0.39, 0.29) is 5.92 Å². The summed E-state index contributed by atoms with van der Waals surface area (Å²) in [4.78, 5) is 21.4. The zero-order valence-electron chi connectivity index (χ0n) is 16.9. The van der Waals surface area contributed by atoms with Crippen molar-refractivity contribution >= 4 is 17.3 Å². The van der Waals surface area contributed by atoms with Crippen LogP contribution in [0.4, 0.5) is 21.7 Å². The predicted octanol–water partition coefficient (Wildman–Crippen LogP) is 3.59. The summed E-state index contributed by atoms with van der Waals surface area (Å²) in [6.07, 6.45) is 6.20.